The highest BCUT2D eigenvalue weighted by Crippen LogP contribution is 2.25. The summed E-state index contributed by atoms with van der Waals surface area (Å²) in [5.74, 6) is 0.647. The molecular formula is C16H26N2O3. The van der Waals surface area contributed by atoms with Gasteiger partial charge in [0.1, 0.15) is 5.75 Å². The van der Waals surface area contributed by atoms with Gasteiger partial charge in [0, 0.05) is 6.54 Å². The van der Waals surface area contributed by atoms with Crippen LogP contribution in [0.5, 0.6) is 5.75 Å². The van der Waals surface area contributed by atoms with Gasteiger partial charge in [-0.3, -0.25) is 0 Å². The zero-order valence-electron chi connectivity index (χ0n) is 13.3. The Morgan fingerprint density at radius 2 is 1.95 bits per heavy atom. The Morgan fingerprint density at radius 1 is 1.29 bits per heavy atom. The van der Waals surface area contributed by atoms with Gasteiger partial charge in [-0.2, -0.15) is 0 Å². The van der Waals surface area contributed by atoms with Crippen LogP contribution in [0.25, 0.3) is 0 Å². The molecule has 0 aliphatic carbocycles. The second kappa shape index (κ2) is 7.88. The van der Waals surface area contributed by atoms with E-state index in [1.165, 1.54) is 0 Å². The second-order valence-electron chi connectivity index (χ2n) is 5.17. The number of carbonyl (C=O) groups is 1. The van der Waals surface area contributed by atoms with E-state index in [1.807, 2.05) is 45.9 Å². The fourth-order valence-electron chi connectivity index (χ4n) is 1.92. The molecule has 2 amide bonds. The molecule has 1 aromatic rings. The summed E-state index contributed by atoms with van der Waals surface area (Å²) >= 11 is 0. The molecule has 0 aliphatic rings. The first-order valence-electron chi connectivity index (χ1n) is 7.44. The summed E-state index contributed by atoms with van der Waals surface area (Å²) in [5.41, 5.74) is 0.833. The number of benzene rings is 1. The van der Waals surface area contributed by atoms with Gasteiger partial charge in [0.25, 0.3) is 0 Å². The Kier molecular flexibility index (Phi) is 6.49. The molecule has 21 heavy (non-hydrogen) atoms. The minimum absolute atomic E-state index is 0.224. The van der Waals surface area contributed by atoms with E-state index < -0.39 is 5.60 Å². The number of rotatable bonds is 7. The van der Waals surface area contributed by atoms with Crippen molar-refractivity contribution in [3.8, 4) is 5.75 Å². The van der Waals surface area contributed by atoms with E-state index >= 15 is 0 Å². The molecule has 0 heterocycles. The van der Waals surface area contributed by atoms with Crippen molar-refractivity contribution in [2.75, 3.05) is 18.5 Å². The number of hydrogen-bond acceptors (Lipinski definition) is 3. The van der Waals surface area contributed by atoms with Gasteiger partial charge in [0.05, 0.1) is 17.9 Å². The predicted octanol–water partition coefficient (Wildman–Crippen LogP) is 3.07. The Bertz CT molecular complexity index is 471. The van der Waals surface area contributed by atoms with Crippen molar-refractivity contribution in [1.29, 1.82) is 0 Å². The normalized spacial score (nSPS) is 11.1. The minimum atomic E-state index is -0.854. The van der Waals surface area contributed by atoms with Crippen molar-refractivity contribution < 1.29 is 14.6 Å². The molecular weight excluding hydrogens is 268 g/mol. The highest BCUT2D eigenvalue weighted by atomic mass is 16.5. The molecule has 0 fully saturated rings. The summed E-state index contributed by atoms with van der Waals surface area (Å²) in [6, 6.07) is 5.26. The van der Waals surface area contributed by atoms with E-state index in [2.05, 4.69) is 10.6 Å². The van der Waals surface area contributed by atoms with E-state index in [1.54, 1.807) is 0 Å². The number of urea groups is 1. The van der Waals surface area contributed by atoms with Gasteiger partial charge >= 0.3 is 6.03 Å². The van der Waals surface area contributed by atoms with Crippen molar-refractivity contribution in [2.45, 2.75) is 46.1 Å². The Morgan fingerprint density at radius 3 is 2.52 bits per heavy atom. The van der Waals surface area contributed by atoms with Crippen LogP contribution in [-0.2, 0) is 0 Å². The van der Waals surface area contributed by atoms with Crippen LogP contribution in [0.3, 0.4) is 0 Å². The Hall–Kier alpha value is -1.75. The zero-order chi connectivity index (χ0) is 15.9. The maximum Gasteiger partial charge on any atom is 0.319 e. The molecule has 5 heteroatoms. The van der Waals surface area contributed by atoms with Crippen molar-refractivity contribution in [3.63, 3.8) is 0 Å². The third kappa shape index (κ3) is 5.27. The number of ether oxygens (including phenoxy) is 1. The molecule has 0 aliphatic heterocycles. The van der Waals surface area contributed by atoms with Gasteiger partial charge in [-0.05, 0) is 44.4 Å². The number of hydrogen-bond donors (Lipinski definition) is 3. The van der Waals surface area contributed by atoms with Gasteiger partial charge in [-0.1, -0.05) is 19.9 Å². The van der Waals surface area contributed by atoms with Crippen LogP contribution in [0.2, 0.25) is 0 Å². The van der Waals surface area contributed by atoms with E-state index in [0.717, 1.165) is 5.56 Å². The molecule has 0 unspecified atom stereocenters. The van der Waals surface area contributed by atoms with Crippen LogP contribution >= 0.6 is 0 Å². The first-order chi connectivity index (χ1) is 9.94. The SMILES string of the molecule is CCOc1cc(C)ccc1NC(=O)NCC(O)(CC)CC. The summed E-state index contributed by atoms with van der Waals surface area (Å²) in [4.78, 5) is 11.9. The smallest absolute Gasteiger partial charge is 0.319 e. The lowest BCUT2D eigenvalue weighted by atomic mass is 9.98. The van der Waals surface area contributed by atoms with Crippen LogP contribution in [-0.4, -0.2) is 29.9 Å². The molecule has 0 spiro atoms. The molecule has 0 aromatic heterocycles. The number of amides is 2. The molecule has 3 N–H and O–H groups in total. The van der Waals surface area contributed by atoms with Crippen LogP contribution in [0.4, 0.5) is 10.5 Å². The van der Waals surface area contributed by atoms with Crippen LogP contribution in [0.15, 0.2) is 18.2 Å². The fourth-order valence-corrected chi connectivity index (χ4v) is 1.92. The standard InChI is InChI=1S/C16H26N2O3/c1-5-16(20,6-2)11-17-15(19)18-13-9-8-12(4)10-14(13)21-7-3/h8-10,20H,5-7,11H2,1-4H3,(H2,17,18,19). The molecule has 0 atom stereocenters. The Labute approximate surface area is 126 Å². The topological polar surface area (TPSA) is 70.6 Å². The molecule has 0 bridgehead atoms. The molecule has 118 valence electrons. The lowest BCUT2D eigenvalue weighted by molar-refractivity contribution is 0.0354. The van der Waals surface area contributed by atoms with Crippen molar-refractivity contribution in [3.05, 3.63) is 23.8 Å². The van der Waals surface area contributed by atoms with Crippen molar-refractivity contribution in [1.82, 2.24) is 5.32 Å². The number of anilines is 1. The summed E-state index contributed by atoms with van der Waals surface area (Å²) in [6.07, 6.45) is 1.19. The molecule has 1 rings (SSSR count). The van der Waals surface area contributed by atoms with Crippen LogP contribution in [0, 0.1) is 6.92 Å². The number of aliphatic hydroxyl groups is 1. The second-order valence-corrected chi connectivity index (χ2v) is 5.17. The predicted molar refractivity (Wildman–Crippen MR) is 84.9 cm³/mol. The van der Waals surface area contributed by atoms with Gasteiger partial charge in [0.2, 0.25) is 0 Å². The maximum absolute atomic E-state index is 11.9. The largest absolute Gasteiger partial charge is 0.492 e. The Balaban J connectivity index is 2.66. The van der Waals surface area contributed by atoms with Crippen molar-refractivity contribution >= 4 is 11.7 Å². The van der Waals surface area contributed by atoms with E-state index in [-0.39, 0.29) is 12.6 Å². The fraction of sp³-hybridized carbons (Fsp3) is 0.562. The molecule has 0 radical (unpaired) electrons. The quantitative estimate of drug-likeness (QED) is 0.724. The van der Waals surface area contributed by atoms with Crippen LogP contribution < -0.4 is 15.4 Å². The summed E-state index contributed by atoms with van der Waals surface area (Å²) in [5, 5.41) is 15.6. The average Bonchev–Trinajstić information content (AvgIpc) is 2.48. The van der Waals surface area contributed by atoms with E-state index in [4.69, 9.17) is 4.74 Å². The lowest BCUT2D eigenvalue weighted by Crippen LogP contribution is -2.43. The lowest BCUT2D eigenvalue weighted by Gasteiger charge is -2.25. The van der Waals surface area contributed by atoms with Crippen molar-refractivity contribution in [2.24, 2.45) is 0 Å². The number of carbonyl (C=O) groups excluding carboxylic acids is 1. The molecule has 5 nitrogen and oxygen atoms in total. The van der Waals surface area contributed by atoms with Gasteiger partial charge in [0.15, 0.2) is 0 Å². The number of nitrogens with one attached hydrogen (secondary N) is 2. The molecule has 1 aromatic carbocycles. The van der Waals surface area contributed by atoms with Gasteiger partial charge in [-0.15, -0.1) is 0 Å². The maximum atomic E-state index is 11.9. The number of aryl methyl sites for hydroxylation is 1. The van der Waals surface area contributed by atoms with E-state index in [9.17, 15) is 9.90 Å². The summed E-state index contributed by atoms with van der Waals surface area (Å²) < 4.78 is 5.51. The van der Waals surface area contributed by atoms with Gasteiger partial charge < -0.3 is 20.5 Å². The zero-order valence-corrected chi connectivity index (χ0v) is 13.3. The van der Waals surface area contributed by atoms with Crippen LogP contribution in [0.1, 0.15) is 39.2 Å². The highest BCUT2D eigenvalue weighted by Gasteiger charge is 2.22. The minimum Gasteiger partial charge on any atom is -0.492 e. The molecule has 0 saturated carbocycles. The third-order valence-corrected chi connectivity index (χ3v) is 3.58. The summed E-state index contributed by atoms with van der Waals surface area (Å²) in [6.45, 7) is 8.42. The third-order valence-electron chi connectivity index (χ3n) is 3.58. The first-order valence-corrected chi connectivity index (χ1v) is 7.44. The molecule has 0 saturated heterocycles. The monoisotopic (exact) mass is 294 g/mol. The van der Waals surface area contributed by atoms with E-state index in [0.29, 0.717) is 30.9 Å². The summed E-state index contributed by atoms with van der Waals surface area (Å²) in [7, 11) is 0. The first kappa shape index (κ1) is 17.3. The highest BCUT2D eigenvalue weighted by molar-refractivity contribution is 5.91. The average molecular weight is 294 g/mol. The van der Waals surface area contributed by atoms with Gasteiger partial charge in [-0.25, -0.2) is 4.79 Å².